The Morgan fingerprint density at radius 3 is 2.94 bits per heavy atom. The van der Waals surface area contributed by atoms with E-state index >= 15 is 0 Å². The molecule has 1 aromatic carbocycles. The molecule has 2 rings (SSSR count). The Morgan fingerprint density at radius 1 is 1.44 bits per heavy atom. The van der Waals surface area contributed by atoms with E-state index in [1.165, 1.54) is 18.6 Å². The summed E-state index contributed by atoms with van der Waals surface area (Å²) in [6.45, 7) is 3.10. The number of benzene rings is 1. The number of anilines is 1. The molecule has 1 aliphatic rings. The lowest BCUT2D eigenvalue weighted by Gasteiger charge is -2.36. The van der Waals surface area contributed by atoms with E-state index in [4.69, 9.17) is 0 Å². The van der Waals surface area contributed by atoms with Crippen molar-refractivity contribution in [3.63, 3.8) is 0 Å². The standard InChI is InChI=1S/C13H16FNO/c1-10-4-2-3-7-15(10)13-6-5-12(14)8-11(13)9-16/h5-6,8-10H,2-4,7H2,1H3. The van der Waals surface area contributed by atoms with Gasteiger partial charge in [-0.1, -0.05) is 0 Å². The minimum atomic E-state index is -0.351. The summed E-state index contributed by atoms with van der Waals surface area (Å²) in [7, 11) is 0. The molecular weight excluding hydrogens is 205 g/mol. The van der Waals surface area contributed by atoms with Crippen LogP contribution in [0.3, 0.4) is 0 Å². The lowest BCUT2D eigenvalue weighted by atomic mass is 10.0. The molecule has 1 atom stereocenters. The smallest absolute Gasteiger partial charge is 0.152 e. The number of carbonyl (C=O) groups excluding carboxylic acids is 1. The van der Waals surface area contributed by atoms with E-state index in [1.807, 2.05) is 0 Å². The zero-order chi connectivity index (χ0) is 11.5. The van der Waals surface area contributed by atoms with Crippen molar-refractivity contribution in [2.24, 2.45) is 0 Å². The fourth-order valence-electron chi connectivity index (χ4n) is 2.34. The first-order chi connectivity index (χ1) is 7.72. The lowest BCUT2D eigenvalue weighted by molar-refractivity contribution is 0.112. The highest BCUT2D eigenvalue weighted by Gasteiger charge is 2.20. The van der Waals surface area contributed by atoms with Crippen LogP contribution in [-0.4, -0.2) is 18.9 Å². The number of nitrogens with zero attached hydrogens (tertiary/aromatic N) is 1. The van der Waals surface area contributed by atoms with Crippen LogP contribution in [0.25, 0.3) is 0 Å². The number of hydrogen-bond acceptors (Lipinski definition) is 2. The molecule has 0 radical (unpaired) electrons. The maximum Gasteiger partial charge on any atom is 0.152 e. The molecule has 1 heterocycles. The molecule has 3 heteroatoms. The van der Waals surface area contributed by atoms with Crippen molar-refractivity contribution >= 4 is 12.0 Å². The second kappa shape index (κ2) is 4.64. The molecule has 0 bridgehead atoms. The molecule has 0 aliphatic carbocycles. The lowest BCUT2D eigenvalue weighted by Crippen LogP contribution is -2.38. The average molecular weight is 221 g/mol. The molecule has 0 N–H and O–H groups in total. The van der Waals surface area contributed by atoms with Gasteiger partial charge in [-0.3, -0.25) is 4.79 Å². The largest absolute Gasteiger partial charge is 0.368 e. The maximum absolute atomic E-state index is 13.0. The van der Waals surface area contributed by atoms with Crippen LogP contribution in [0.1, 0.15) is 36.5 Å². The molecule has 2 nitrogen and oxygen atoms in total. The van der Waals surface area contributed by atoms with E-state index in [-0.39, 0.29) is 5.82 Å². The Hall–Kier alpha value is -1.38. The van der Waals surface area contributed by atoms with Gasteiger partial charge in [0.2, 0.25) is 0 Å². The van der Waals surface area contributed by atoms with Crippen molar-refractivity contribution < 1.29 is 9.18 Å². The minimum absolute atomic E-state index is 0.351. The van der Waals surface area contributed by atoms with Crippen LogP contribution in [0.4, 0.5) is 10.1 Å². The van der Waals surface area contributed by atoms with Crippen LogP contribution in [-0.2, 0) is 0 Å². The van der Waals surface area contributed by atoms with E-state index in [2.05, 4.69) is 11.8 Å². The fraction of sp³-hybridized carbons (Fsp3) is 0.462. The Labute approximate surface area is 95.1 Å². The number of aldehydes is 1. The number of hydrogen-bond donors (Lipinski definition) is 0. The predicted molar refractivity (Wildman–Crippen MR) is 62.4 cm³/mol. The summed E-state index contributed by atoms with van der Waals surface area (Å²) in [5.41, 5.74) is 1.32. The van der Waals surface area contributed by atoms with Crippen LogP contribution < -0.4 is 4.90 Å². The van der Waals surface area contributed by atoms with E-state index in [0.29, 0.717) is 11.6 Å². The molecule has 16 heavy (non-hydrogen) atoms. The van der Waals surface area contributed by atoms with Gasteiger partial charge in [0.25, 0.3) is 0 Å². The summed E-state index contributed by atoms with van der Waals surface area (Å²) < 4.78 is 13.0. The summed E-state index contributed by atoms with van der Waals surface area (Å²) >= 11 is 0. The monoisotopic (exact) mass is 221 g/mol. The number of piperidine rings is 1. The Balaban J connectivity index is 2.34. The highest BCUT2D eigenvalue weighted by Crippen LogP contribution is 2.27. The Bertz CT molecular complexity index is 392. The summed E-state index contributed by atoms with van der Waals surface area (Å²) in [6.07, 6.45) is 4.24. The SMILES string of the molecule is CC1CCCCN1c1ccc(F)cc1C=O. The number of rotatable bonds is 2. The summed E-state index contributed by atoms with van der Waals surface area (Å²) in [5.74, 6) is -0.351. The van der Waals surface area contributed by atoms with Gasteiger partial charge in [-0.15, -0.1) is 0 Å². The van der Waals surface area contributed by atoms with Crippen LogP contribution >= 0.6 is 0 Å². The van der Waals surface area contributed by atoms with Crippen LogP contribution in [0, 0.1) is 5.82 Å². The molecule has 1 fully saturated rings. The van der Waals surface area contributed by atoms with Gasteiger partial charge in [-0.05, 0) is 44.4 Å². The predicted octanol–water partition coefficient (Wildman–Crippen LogP) is 3.02. The normalized spacial score (nSPS) is 20.9. The summed E-state index contributed by atoms with van der Waals surface area (Å²) in [5, 5.41) is 0. The van der Waals surface area contributed by atoms with Crippen LogP contribution in [0.15, 0.2) is 18.2 Å². The van der Waals surface area contributed by atoms with Gasteiger partial charge in [-0.25, -0.2) is 4.39 Å². The third-order valence-electron chi connectivity index (χ3n) is 3.23. The third kappa shape index (κ3) is 2.08. The molecule has 1 aliphatic heterocycles. The molecular formula is C13H16FNO. The topological polar surface area (TPSA) is 20.3 Å². The maximum atomic E-state index is 13.0. The van der Waals surface area contributed by atoms with Crippen molar-refractivity contribution in [1.82, 2.24) is 0 Å². The van der Waals surface area contributed by atoms with Gasteiger partial charge in [0.05, 0.1) is 0 Å². The van der Waals surface area contributed by atoms with Crippen molar-refractivity contribution in [2.75, 3.05) is 11.4 Å². The van der Waals surface area contributed by atoms with E-state index in [1.54, 1.807) is 6.07 Å². The highest BCUT2D eigenvalue weighted by atomic mass is 19.1. The van der Waals surface area contributed by atoms with Crippen molar-refractivity contribution in [3.8, 4) is 0 Å². The van der Waals surface area contributed by atoms with Gasteiger partial charge in [-0.2, -0.15) is 0 Å². The van der Waals surface area contributed by atoms with E-state index in [0.717, 1.165) is 31.4 Å². The zero-order valence-corrected chi connectivity index (χ0v) is 9.45. The fourth-order valence-corrected chi connectivity index (χ4v) is 2.34. The molecule has 0 spiro atoms. The first-order valence-electron chi connectivity index (χ1n) is 5.74. The first kappa shape index (κ1) is 11.1. The second-order valence-electron chi connectivity index (χ2n) is 4.36. The molecule has 1 aromatic rings. The van der Waals surface area contributed by atoms with Gasteiger partial charge in [0, 0.05) is 23.8 Å². The number of halogens is 1. The van der Waals surface area contributed by atoms with Crippen molar-refractivity contribution in [3.05, 3.63) is 29.6 Å². The van der Waals surface area contributed by atoms with Crippen LogP contribution in [0.5, 0.6) is 0 Å². The molecule has 0 amide bonds. The Morgan fingerprint density at radius 2 is 2.25 bits per heavy atom. The quantitative estimate of drug-likeness (QED) is 0.715. The van der Waals surface area contributed by atoms with Gasteiger partial charge in [0.1, 0.15) is 5.82 Å². The van der Waals surface area contributed by atoms with E-state index < -0.39 is 0 Å². The van der Waals surface area contributed by atoms with E-state index in [9.17, 15) is 9.18 Å². The van der Waals surface area contributed by atoms with Crippen molar-refractivity contribution in [1.29, 1.82) is 0 Å². The van der Waals surface area contributed by atoms with Crippen molar-refractivity contribution in [2.45, 2.75) is 32.2 Å². The second-order valence-corrected chi connectivity index (χ2v) is 4.36. The number of carbonyl (C=O) groups is 1. The zero-order valence-electron chi connectivity index (χ0n) is 9.45. The molecule has 0 saturated carbocycles. The molecule has 86 valence electrons. The minimum Gasteiger partial charge on any atom is -0.368 e. The van der Waals surface area contributed by atoms with Gasteiger partial charge < -0.3 is 4.90 Å². The summed E-state index contributed by atoms with van der Waals surface area (Å²) in [4.78, 5) is 13.1. The third-order valence-corrected chi connectivity index (χ3v) is 3.23. The molecule has 1 unspecified atom stereocenters. The molecule has 0 aromatic heterocycles. The average Bonchev–Trinajstić information content (AvgIpc) is 2.30. The highest BCUT2D eigenvalue weighted by molar-refractivity contribution is 5.84. The first-order valence-corrected chi connectivity index (χ1v) is 5.74. The van der Waals surface area contributed by atoms with Gasteiger partial charge >= 0.3 is 0 Å². The molecule has 1 saturated heterocycles. The Kier molecular flexibility index (Phi) is 3.22. The summed E-state index contributed by atoms with van der Waals surface area (Å²) in [6, 6.07) is 4.87. The van der Waals surface area contributed by atoms with Gasteiger partial charge in [0.15, 0.2) is 6.29 Å². The van der Waals surface area contributed by atoms with Crippen LogP contribution in [0.2, 0.25) is 0 Å².